The summed E-state index contributed by atoms with van der Waals surface area (Å²) in [5.74, 6) is 0.330. The number of hydrogen-bond acceptors (Lipinski definition) is 3. The highest BCUT2D eigenvalue weighted by molar-refractivity contribution is 6.00. The Kier molecular flexibility index (Phi) is 1.55. The second kappa shape index (κ2) is 2.43. The van der Waals surface area contributed by atoms with E-state index < -0.39 is 0 Å². The van der Waals surface area contributed by atoms with Gasteiger partial charge < -0.3 is 9.84 Å². The summed E-state index contributed by atoms with van der Waals surface area (Å²) >= 11 is 0. The van der Waals surface area contributed by atoms with Crippen molar-refractivity contribution in [2.45, 2.75) is 0 Å². The summed E-state index contributed by atoms with van der Waals surface area (Å²) in [7, 11) is 0. The molecular formula is C8H10O3. The molecule has 0 radical (unpaired) electrons. The van der Waals surface area contributed by atoms with E-state index in [4.69, 9.17) is 9.84 Å². The van der Waals surface area contributed by atoms with E-state index in [1.54, 1.807) is 0 Å². The van der Waals surface area contributed by atoms with E-state index in [1.807, 2.05) is 6.08 Å². The number of ketones is 1. The third kappa shape index (κ3) is 0.921. The Morgan fingerprint density at radius 1 is 1.64 bits per heavy atom. The van der Waals surface area contributed by atoms with Crippen LogP contribution < -0.4 is 0 Å². The molecule has 0 spiro atoms. The lowest BCUT2D eigenvalue weighted by molar-refractivity contribution is -0.119. The van der Waals surface area contributed by atoms with Crippen LogP contribution in [-0.4, -0.2) is 30.7 Å². The topological polar surface area (TPSA) is 46.5 Å². The smallest absolute Gasteiger partial charge is 0.166 e. The van der Waals surface area contributed by atoms with E-state index in [0.717, 1.165) is 0 Å². The van der Waals surface area contributed by atoms with Gasteiger partial charge in [-0.2, -0.15) is 0 Å². The van der Waals surface area contributed by atoms with Crippen LogP contribution in [0.3, 0.4) is 0 Å². The van der Waals surface area contributed by atoms with Gasteiger partial charge in [-0.25, -0.2) is 0 Å². The first kappa shape index (κ1) is 7.00. The second-order valence-electron chi connectivity index (χ2n) is 3.02. The lowest BCUT2D eigenvalue weighted by Crippen LogP contribution is -2.16. The van der Waals surface area contributed by atoms with Crippen LogP contribution in [0.4, 0.5) is 0 Å². The minimum absolute atomic E-state index is 0.0112. The molecule has 0 aromatic carbocycles. The molecule has 1 aliphatic carbocycles. The number of aliphatic hydroxyl groups excluding tert-OH is 1. The summed E-state index contributed by atoms with van der Waals surface area (Å²) in [6.07, 6.45) is 1.85. The van der Waals surface area contributed by atoms with Crippen LogP contribution in [0, 0.1) is 11.8 Å². The highest BCUT2D eigenvalue weighted by Gasteiger charge is 2.39. The third-order valence-corrected chi connectivity index (χ3v) is 2.36. The van der Waals surface area contributed by atoms with Crippen LogP contribution in [0.5, 0.6) is 0 Å². The molecule has 0 amide bonds. The normalized spacial score (nSPS) is 35.7. The third-order valence-electron chi connectivity index (χ3n) is 2.36. The fourth-order valence-electron chi connectivity index (χ4n) is 1.71. The second-order valence-corrected chi connectivity index (χ2v) is 3.02. The zero-order valence-corrected chi connectivity index (χ0v) is 6.12. The average Bonchev–Trinajstić information content (AvgIpc) is 2.53. The van der Waals surface area contributed by atoms with Crippen LogP contribution in [0.15, 0.2) is 11.6 Å². The number of ether oxygens (including phenoxy) is 1. The van der Waals surface area contributed by atoms with Gasteiger partial charge >= 0.3 is 0 Å². The molecule has 60 valence electrons. The molecule has 2 rings (SSSR count). The molecule has 1 aliphatic heterocycles. The first-order valence-electron chi connectivity index (χ1n) is 3.76. The van der Waals surface area contributed by atoms with E-state index >= 15 is 0 Å². The highest BCUT2D eigenvalue weighted by atomic mass is 16.5. The molecule has 1 heterocycles. The maximum atomic E-state index is 11.3. The lowest BCUT2D eigenvalue weighted by atomic mass is 9.99. The van der Waals surface area contributed by atoms with Crippen molar-refractivity contribution < 1.29 is 14.6 Å². The molecule has 1 saturated heterocycles. The van der Waals surface area contributed by atoms with Crippen LogP contribution in [0.2, 0.25) is 0 Å². The molecule has 0 bridgehead atoms. The summed E-state index contributed by atoms with van der Waals surface area (Å²) in [4.78, 5) is 11.3. The van der Waals surface area contributed by atoms with Gasteiger partial charge in [0.05, 0.1) is 25.7 Å². The first-order chi connectivity index (χ1) is 5.33. The Bertz CT molecular complexity index is 219. The summed E-state index contributed by atoms with van der Waals surface area (Å²) in [6.45, 7) is 1.05. The fourth-order valence-corrected chi connectivity index (χ4v) is 1.71. The van der Waals surface area contributed by atoms with E-state index in [1.165, 1.54) is 0 Å². The molecule has 3 nitrogen and oxygen atoms in total. The van der Waals surface area contributed by atoms with Crippen molar-refractivity contribution in [3.8, 4) is 0 Å². The van der Waals surface area contributed by atoms with Gasteiger partial charge in [0.2, 0.25) is 0 Å². The van der Waals surface area contributed by atoms with Gasteiger partial charge in [0.25, 0.3) is 0 Å². The molecule has 2 atom stereocenters. The molecule has 0 unspecified atom stereocenters. The fraction of sp³-hybridized carbons (Fsp3) is 0.625. The van der Waals surface area contributed by atoms with Gasteiger partial charge in [0.1, 0.15) is 0 Å². The number of Topliss-reactive ketones (excluding diaryl/α,β-unsaturated/α-hetero) is 1. The van der Waals surface area contributed by atoms with Crippen molar-refractivity contribution in [2.75, 3.05) is 19.8 Å². The van der Waals surface area contributed by atoms with Gasteiger partial charge in [-0.05, 0) is 0 Å². The Labute approximate surface area is 64.7 Å². The maximum absolute atomic E-state index is 11.3. The van der Waals surface area contributed by atoms with Crippen molar-refractivity contribution in [3.63, 3.8) is 0 Å². The van der Waals surface area contributed by atoms with Crippen LogP contribution in [0.1, 0.15) is 0 Å². The Hall–Kier alpha value is -0.670. The molecule has 2 aliphatic rings. The van der Waals surface area contributed by atoms with Gasteiger partial charge in [-0.3, -0.25) is 4.79 Å². The summed E-state index contributed by atoms with van der Waals surface area (Å²) in [6, 6.07) is 0. The molecule has 0 aromatic heterocycles. The van der Waals surface area contributed by atoms with Crippen molar-refractivity contribution in [2.24, 2.45) is 11.8 Å². The van der Waals surface area contributed by atoms with E-state index in [0.29, 0.717) is 18.8 Å². The Balaban J connectivity index is 2.22. The summed E-state index contributed by atoms with van der Waals surface area (Å²) in [5, 5.41) is 8.76. The molecule has 11 heavy (non-hydrogen) atoms. The van der Waals surface area contributed by atoms with Gasteiger partial charge in [-0.15, -0.1) is 0 Å². The molecule has 0 saturated carbocycles. The predicted molar refractivity (Wildman–Crippen MR) is 38.0 cm³/mol. The van der Waals surface area contributed by atoms with Crippen LogP contribution in [0.25, 0.3) is 0 Å². The molecule has 1 fully saturated rings. The number of carbonyl (C=O) groups excluding carboxylic acids is 1. The number of fused-ring (bicyclic) bond motifs is 1. The van der Waals surface area contributed by atoms with Crippen molar-refractivity contribution in [1.82, 2.24) is 0 Å². The number of rotatable bonds is 1. The standard InChI is InChI=1S/C8H10O3/c9-2-5-1-6-3-11-4-7(6)8(5)10/h1,6-7,9H,2-4H2/t6-,7-/m0/s1. The van der Waals surface area contributed by atoms with Gasteiger partial charge in [0, 0.05) is 11.5 Å². The molecule has 1 N–H and O–H groups in total. The number of hydrogen-bond donors (Lipinski definition) is 1. The number of aliphatic hydroxyl groups is 1. The molecule has 3 heteroatoms. The minimum atomic E-state index is -0.119. The minimum Gasteiger partial charge on any atom is -0.392 e. The SMILES string of the molecule is O=C1C(CO)=C[C@H]2COC[C@H]12. The zero-order chi connectivity index (χ0) is 7.84. The monoisotopic (exact) mass is 154 g/mol. The molecular weight excluding hydrogens is 144 g/mol. The Morgan fingerprint density at radius 3 is 3.09 bits per heavy atom. The Morgan fingerprint density at radius 2 is 2.45 bits per heavy atom. The van der Waals surface area contributed by atoms with Crippen molar-refractivity contribution in [3.05, 3.63) is 11.6 Å². The predicted octanol–water partition coefficient (Wildman–Crippen LogP) is -0.250. The molecule has 0 aromatic rings. The van der Waals surface area contributed by atoms with Crippen molar-refractivity contribution >= 4 is 5.78 Å². The van der Waals surface area contributed by atoms with E-state index in [2.05, 4.69) is 0 Å². The van der Waals surface area contributed by atoms with Gasteiger partial charge in [-0.1, -0.05) is 6.08 Å². The average molecular weight is 154 g/mol. The van der Waals surface area contributed by atoms with Crippen LogP contribution in [-0.2, 0) is 9.53 Å². The van der Waals surface area contributed by atoms with Crippen LogP contribution >= 0.6 is 0 Å². The largest absolute Gasteiger partial charge is 0.392 e. The first-order valence-corrected chi connectivity index (χ1v) is 3.76. The highest BCUT2D eigenvalue weighted by Crippen LogP contribution is 2.32. The summed E-state index contributed by atoms with van der Waals surface area (Å²) < 4.78 is 5.13. The number of carbonyl (C=O) groups is 1. The van der Waals surface area contributed by atoms with Gasteiger partial charge in [0.15, 0.2) is 5.78 Å². The summed E-state index contributed by atoms with van der Waals surface area (Å²) in [5.41, 5.74) is 0.573. The lowest BCUT2D eigenvalue weighted by Gasteiger charge is -2.01. The van der Waals surface area contributed by atoms with E-state index in [9.17, 15) is 4.79 Å². The van der Waals surface area contributed by atoms with E-state index in [-0.39, 0.29) is 24.2 Å². The van der Waals surface area contributed by atoms with Crippen molar-refractivity contribution in [1.29, 1.82) is 0 Å². The quantitative estimate of drug-likeness (QED) is 0.566. The maximum Gasteiger partial charge on any atom is 0.166 e. The zero-order valence-electron chi connectivity index (χ0n) is 6.12.